The number of carbonyl (C=O) groups excluding carboxylic acids is 1. The predicted octanol–water partition coefficient (Wildman–Crippen LogP) is 2.84. The van der Waals surface area contributed by atoms with E-state index in [1.807, 2.05) is 55.8 Å². The number of benzene rings is 1. The van der Waals surface area contributed by atoms with Crippen LogP contribution in [0.3, 0.4) is 0 Å². The number of carbonyl (C=O) groups is 1. The van der Waals surface area contributed by atoms with Gasteiger partial charge < -0.3 is 9.88 Å². The smallest absolute Gasteiger partial charge is 0.258 e. The van der Waals surface area contributed by atoms with Gasteiger partial charge in [0.05, 0.1) is 5.56 Å². The third kappa shape index (κ3) is 2.38. The van der Waals surface area contributed by atoms with Crippen LogP contribution in [-0.4, -0.2) is 20.4 Å². The van der Waals surface area contributed by atoms with Crippen molar-refractivity contribution >= 4 is 22.8 Å². The zero-order valence-electron chi connectivity index (χ0n) is 12.2. The number of para-hydroxylation sites is 1. The van der Waals surface area contributed by atoms with Crippen molar-refractivity contribution in [3.05, 3.63) is 53.5 Å². The number of imidazole rings is 1. The minimum absolute atomic E-state index is 0.171. The summed E-state index contributed by atoms with van der Waals surface area (Å²) in [6.07, 6.45) is 0. The fourth-order valence-electron chi connectivity index (χ4n) is 2.28. The lowest BCUT2D eigenvalue weighted by atomic mass is 10.2. The minimum atomic E-state index is -0.171. The molecule has 5 nitrogen and oxygen atoms in total. The second-order valence-electron chi connectivity index (χ2n) is 5.02. The molecule has 5 heteroatoms. The number of hydrogen-bond donors (Lipinski definition) is 1. The highest BCUT2D eigenvalue weighted by Crippen LogP contribution is 2.20. The van der Waals surface area contributed by atoms with Crippen molar-refractivity contribution in [1.82, 2.24) is 14.5 Å². The minimum Gasteiger partial charge on any atom is -0.322 e. The number of pyridine rings is 1. The molecule has 0 atom stereocenters. The number of amides is 1. The Kier molecular flexibility index (Phi) is 3.17. The maximum Gasteiger partial charge on any atom is 0.258 e. The van der Waals surface area contributed by atoms with Crippen LogP contribution in [0.1, 0.15) is 21.9 Å². The van der Waals surface area contributed by atoms with Gasteiger partial charge in [-0.1, -0.05) is 18.2 Å². The fourth-order valence-corrected chi connectivity index (χ4v) is 2.28. The molecule has 1 aromatic carbocycles. The van der Waals surface area contributed by atoms with E-state index in [1.165, 1.54) is 0 Å². The Hall–Kier alpha value is -2.69. The van der Waals surface area contributed by atoms with E-state index < -0.39 is 0 Å². The van der Waals surface area contributed by atoms with Crippen LogP contribution < -0.4 is 5.32 Å². The monoisotopic (exact) mass is 280 g/mol. The molecule has 0 aliphatic rings. The van der Waals surface area contributed by atoms with Crippen LogP contribution in [0.2, 0.25) is 0 Å². The molecule has 1 N–H and O–H groups in total. The van der Waals surface area contributed by atoms with E-state index in [1.54, 1.807) is 6.07 Å². The molecule has 0 fully saturated rings. The first-order chi connectivity index (χ1) is 10.1. The van der Waals surface area contributed by atoms with Crippen molar-refractivity contribution in [3.8, 4) is 0 Å². The van der Waals surface area contributed by atoms with E-state index in [2.05, 4.69) is 15.3 Å². The summed E-state index contributed by atoms with van der Waals surface area (Å²) in [5, 5.41) is 2.89. The maximum atomic E-state index is 12.5. The molecule has 0 aliphatic heterocycles. The maximum absolute atomic E-state index is 12.5. The second kappa shape index (κ2) is 5.01. The number of nitrogens with one attached hydrogen (secondary N) is 1. The van der Waals surface area contributed by atoms with Crippen LogP contribution in [0, 0.1) is 13.8 Å². The molecule has 0 unspecified atom stereocenters. The van der Waals surface area contributed by atoms with E-state index in [9.17, 15) is 4.79 Å². The Morgan fingerprint density at radius 1 is 1.14 bits per heavy atom. The molecule has 21 heavy (non-hydrogen) atoms. The molecule has 0 aliphatic carbocycles. The van der Waals surface area contributed by atoms with Crippen molar-refractivity contribution in [1.29, 1.82) is 0 Å². The van der Waals surface area contributed by atoms with E-state index in [0.29, 0.717) is 11.1 Å². The molecule has 0 bridgehead atoms. The van der Waals surface area contributed by atoms with Crippen LogP contribution in [-0.2, 0) is 7.05 Å². The second-order valence-corrected chi connectivity index (χ2v) is 5.02. The van der Waals surface area contributed by atoms with Gasteiger partial charge in [-0.25, -0.2) is 9.97 Å². The summed E-state index contributed by atoms with van der Waals surface area (Å²) in [4.78, 5) is 21.4. The molecule has 1 amide bonds. The average molecular weight is 280 g/mol. The number of hydrogen-bond acceptors (Lipinski definition) is 3. The molecule has 2 aromatic heterocycles. The third-order valence-corrected chi connectivity index (χ3v) is 3.46. The van der Waals surface area contributed by atoms with Gasteiger partial charge in [-0.05, 0) is 32.0 Å². The Labute approximate surface area is 122 Å². The lowest BCUT2D eigenvalue weighted by Crippen LogP contribution is -2.13. The molecule has 106 valence electrons. The van der Waals surface area contributed by atoms with Crippen molar-refractivity contribution in [2.75, 3.05) is 5.32 Å². The van der Waals surface area contributed by atoms with E-state index in [4.69, 9.17) is 0 Å². The van der Waals surface area contributed by atoms with Crippen molar-refractivity contribution < 1.29 is 4.79 Å². The van der Waals surface area contributed by atoms with Gasteiger partial charge in [0.1, 0.15) is 11.3 Å². The number of nitrogens with zero attached hydrogens (tertiary/aromatic N) is 3. The van der Waals surface area contributed by atoms with E-state index in [-0.39, 0.29) is 5.91 Å². The van der Waals surface area contributed by atoms with Gasteiger partial charge >= 0.3 is 0 Å². The van der Waals surface area contributed by atoms with Crippen molar-refractivity contribution in [3.63, 3.8) is 0 Å². The van der Waals surface area contributed by atoms with Gasteiger partial charge in [0, 0.05) is 18.4 Å². The number of fused-ring (bicyclic) bond motifs is 1. The van der Waals surface area contributed by atoms with Crippen LogP contribution in [0.15, 0.2) is 36.4 Å². The lowest BCUT2D eigenvalue weighted by Gasteiger charge is -2.06. The van der Waals surface area contributed by atoms with Crippen LogP contribution >= 0.6 is 0 Å². The fraction of sp³-hybridized carbons (Fsp3) is 0.188. The molecule has 2 heterocycles. The van der Waals surface area contributed by atoms with Crippen molar-refractivity contribution in [2.45, 2.75) is 13.8 Å². The summed E-state index contributed by atoms with van der Waals surface area (Å²) in [6, 6.07) is 11.2. The zero-order chi connectivity index (χ0) is 15.0. The normalized spacial score (nSPS) is 10.8. The van der Waals surface area contributed by atoms with Crippen LogP contribution in [0.25, 0.3) is 11.2 Å². The summed E-state index contributed by atoms with van der Waals surface area (Å²) < 4.78 is 1.89. The summed E-state index contributed by atoms with van der Waals surface area (Å²) in [5.41, 5.74) is 3.46. The number of aryl methyl sites for hydroxylation is 3. The first kappa shape index (κ1) is 13.3. The van der Waals surface area contributed by atoms with Gasteiger partial charge in [0.2, 0.25) is 0 Å². The first-order valence-electron chi connectivity index (χ1n) is 6.73. The summed E-state index contributed by atoms with van der Waals surface area (Å²) >= 11 is 0. The van der Waals surface area contributed by atoms with Crippen LogP contribution in [0.5, 0.6) is 0 Å². The molecular formula is C16H16N4O. The first-order valence-corrected chi connectivity index (χ1v) is 6.73. The van der Waals surface area contributed by atoms with E-state index in [0.717, 1.165) is 22.9 Å². The molecular weight excluding hydrogens is 264 g/mol. The number of anilines is 1. The molecule has 0 saturated heterocycles. The highest BCUT2D eigenvalue weighted by molar-refractivity contribution is 6.11. The topological polar surface area (TPSA) is 59.8 Å². The standard InChI is InChI=1S/C16H16N4O/c1-10-9-13(14-15(17-10)20(3)11(2)18-14)16(21)19-12-7-5-4-6-8-12/h4-9H,1-3H3,(H,19,21). The summed E-state index contributed by atoms with van der Waals surface area (Å²) in [6.45, 7) is 3.77. The summed E-state index contributed by atoms with van der Waals surface area (Å²) in [7, 11) is 1.90. The molecule has 0 saturated carbocycles. The van der Waals surface area contributed by atoms with Gasteiger partial charge in [0.25, 0.3) is 5.91 Å². The average Bonchev–Trinajstić information content (AvgIpc) is 2.75. The SMILES string of the molecule is Cc1cc(C(=O)Nc2ccccc2)c2nc(C)n(C)c2n1. The Morgan fingerprint density at radius 2 is 1.86 bits per heavy atom. The highest BCUT2D eigenvalue weighted by Gasteiger charge is 2.17. The lowest BCUT2D eigenvalue weighted by molar-refractivity contribution is 0.102. The summed E-state index contributed by atoms with van der Waals surface area (Å²) in [5.74, 6) is 0.659. The molecule has 0 radical (unpaired) electrons. The Bertz CT molecular complexity index is 821. The quantitative estimate of drug-likeness (QED) is 0.785. The Balaban J connectivity index is 2.07. The third-order valence-electron chi connectivity index (χ3n) is 3.46. The van der Waals surface area contributed by atoms with E-state index >= 15 is 0 Å². The van der Waals surface area contributed by atoms with Gasteiger partial charge in [-0.3, -0.25) is 4.79 Å². The zero-order valence-corrected chi connectivity index (χ0v) is 12.2. The Morgan fingerprint density at radius 3 is 2.57 bits per heavy atom. The largest absolute Gasteiger partial charge is 0.322 e. The van der Waals surface area contributed by atoms with Gasteiger partial charge in [0.15, 0.2) is 5.65 Å². The van der Waals surface area contributed by atoms with Crippen molar-refractivity contribution in [2.24, 2.45) is 7.05 Å². The molecule has 3 aromatic rings. The highest BCUT2D eigenvalue weighted by atomic mass is 16.1. The molecule has 3 rings (SSSR count). The predicted molar refractivity (Wildman–Crippen MR) is 82.4 cm³/mol. The van der Waals surface area contributed by atoms with Gasteiger partial charge in [-0.15, -0.1) is 0 Å². The molecule has 0 spiro atoms. The number of rotatable bonds is 2. The van der Waals surface area contributed by atoms with Gasteiger partial charge in [-0.2, -0.15) is 0 Å². The number of aromatic nitrogens is 3. The van der Waals surface area contributed by atoms with Crippen LogP contribution in [0.4, 0.5) is 5.69 Å².